The Morgan fingerprint density at radius 2 is 1.92 bits per heavy atom. The summed E-state index contributed by atoms with van der Waals surface area (Å²) in [5.41, 5.74) is 3.55. The van der Waals surface area contributed by atoms with E-state index in [0.29, 0.717) is 29.1 Å². The Bertz CT molecular complexity index is 661. The number of carbonyl (C=O) groups excluding carboxylic acids is 1. The number of rotatable bonds is 6. The minimum atomic E-state index is -0.0834. The molecule has 5 heteroatoms. The summed E-state index contributed by atoms with van der Waals surface area (Å²) in [5, 5.41) is 6.69. The molecule has 1 heterocycles. The van der Waals surface area contributed by atoms with Gasteiger partial charge in [0.05, 0.1) is 6.54 Å². The lowest BCUT2D eigenvalue weighted by molar-refractivity contribution is -0.118. The van der Waals surface area contributed by atoms with Crippen molar-refractivity contribution in [3.63, 3.8) is 0 Å². The highest BCUT2D eigenvalue weighted by Crippen LogP contribution is 2.33. The number of nitrogens with zero attached hydrogens (tertiary/aromatic N) is 1. The molecule has 0 radical (unpaired) electrons. The van der Waals surface area contributed by atoms with E-state index in [1.165, 1.54) is 13.3 Å². The third-order valence-electron chi connectivity index (χ3n) is 4.41. The summed E-state index contributed by atoms with van der Waals surface area (Å²) in [7, 11) is 0. The van der Waals surface area contributed by atoms with Crippen LogP contribution in [0.15, 0.2) is 37.1 Å². The summed E-state index contributed by atoms with van der Waals surface area (Å²) in [6.45, 7) is 16.7. The maximum atomic E-state index is 11.1. The zero-order valence-electron chi connectivity index (χ0n) is 15.4. The summed E-state index contributed by atoms with van der Waals surface area (Å²) < 4.78 is 0. The second-order valence-electron chi connectivity index (χ2n) is 7.13. The first-order valence-electron chi connectivity index (χ1n) is 8.69. The highest BCUT2D eigenvalue weighted by Gasteiger charge is 2.24. The third kappa shape index (κ3) is 5.53. The van der Waals surface area contributed by atoms with Crippen LogP contribution < -0.4 is 10.6 Å². The number of carbonyl (C=O) groups is 1. The number of anilines is 1. The van der Waals surface area contributed by atoms with E-state index in [-0.39, 0.29) is 5.91 Å². The first kappa shape index (κ1) is 19.4. The van der Waals surface area contributed by atoms with Gasteiger partial charge in [0.1, 0.15) is 0 Å². The molecule has 136 valence electrons. The van der Waals surface area contributed by atoms with Crippen molar-refractivity contribution in [1.82, 2.24) is 10.2 Å². The van der Waals surface area contributed by atoms with Gasteiger partial charge < -0.3 is 15.5 Å². The number of piperidine rings is 1. The lowest BCUT2D eigenvalue weighted by atomic mass is 9.91. The molecule has 1 aromatic carbocycles. The van der Waals surface area contributed by atoms with Crippen molar-refractivity contribution in [2.24, 2.45) is 11.8 Å². The Labute approximate surface area is 155 Å². The van der Waals surface area contributed by atoms with Crippen LogP contribution in [-0.2, 0) is 4.79 Å². The van der Waals surface area contributed by atoms with E-state index in [2.05, 4.69) is 42.5 Å². The summed E-state index contributed by atoms with van der Waals surface area (Å²) in [5.74, 6) is 1.21. The highest BCUT2D eigenvalue weighted by molar-refractivity contribution is 6.30. The molecule has 2 N–H and O–H groups in total. The molecule has 1 aliphatic rings. The molecule has 1 aromatic rings. The molecule has 25 heavy (non-hydrogen) atoms. The Balaban J connectivity index is 2.18. The van der Waals surface area contributed by atoms with Crippen LogP contribution in [-0.4, -0.2) is 30.4 Å². The van der Waals surface area contributed by atoms with Crippen LogP contribution >= 0.6 is 11.6 Å². The van der Waals surface area contributed by atoms with Gasteiger partial charge in [-0.3, -0.25) is 4.79 Å². The molecular formula is C20H28ClN3O. The number of hydrogen-bond acceptors (Lipinski definition) is 3. The number of nitrogens with one attached hydrogen (secondary N) is 2. The summed E-state index contributed by atoms with van der Waals surface area (Å²) in [6, 6.07) is 5.70. The van der Waals surface area contributed by atoms with Crippen molar-refractivity contribution in [2.45, 2.75) is 27.2 Å². The average Bonchev–Trinajstić information content (AvgIpc) is 2.53. The van der Waals surface area contributed by atoms with Crippen LogP contribution in [0.2, 0.25) is 5.02 Å². The zero-order chi connectivity index (χ0) is 18.6. The van der Waals surface area contributed by atoms with Gasteiger partial charge in [-0.25, -0.2) is 0 Å². The molecule has 4 nitrogen and oxygen atoms in total. The Morgan fingerprint density at radius 1 is 1.28 bits per heavy atom. The van der Waals surface area contributed by atoms with Crippen LogP contribution in [0, 0.1) is 11.8 Å². The Morgan fingerprint density at radius 3 is 2.52 bits per heavy atom. The molecule has 0 aromatic heterocycles. The van der Waals surface area contributed by atoms with Gasteiger partial charge in [-0.1, -0.05) is 38.6 Å². The molecule has 0 unspecified atom stereocenters. The van der Waals surface area contributed by atoms with Crippen molar-refractivity contribution in [2.75, 3.05) is 25.0 Å². The van der Waals surface area contributed by atoms with Gasteiger partial charge in [0, 0.05) is 47.7 Å². The van der Waals surface area contributed by atoms with Gasteiger partial charge in [0.25, 0.3) is 0 Å². The van der Waals surface area contributed by atoms with Crippen LogP contribution in [0.25, 0.3) is 5.70 Å². The largest absolute Gasteiger partial charge is 0.371 e. The van der Waals surface area contributed by atoms with Crippen molar-refractivity contribution in [3.05, 3.63) is 47.6 Å². The van der Waals surface area contributed by atoms with Crippen LogP contribution in [0.1, 0.15) is 32.8 Å². The number of hydrogen-bond donors (Lipinski definition) is 2. The van der Waals surface area contributed by atoms with E-state index in [1.807, 2.05) is 18.2 Å². The SMILES string of the molecule is C=C(CNC(C)=O)Nc1ccc(Cl)cc1C(=C)N1C[C@H](C)C[C@H](C)C1. The van der Waals surface area contributed by atoms with Crippen LogP contribution in [0.4, 0.5) is 5.69 Å². The number of halogens is 1. The lowest BCUT2D eigenvalue weighted by Crippen LogP contribution is -2.37. The second kappa shape index (κ2) is 8.43. The summed E-state index contributed by atoms with van der Waals surface area (Å²) in [6.07, 6.45) is 1.25. The summed E-state index contributed by atoms with van der Waals surface area (Å²) >= 11 is 6.23. The Hall–Kier alpha value is -1.94. The first-order valence-corrected chi connectivity index (χ1v) is 9.07. The van der Waals surface area contributed by atoms with E-state index in [1.54, 1.807) is 0 Å². The quantitative estimate of drug-likeness (QED) is 0.791. The second-order valence-corrected chi connectivity index (χ2v) is 7.56. The number of likely N-dealkylation sites (tertiary alicyclic amines) is 1. The molecule has 2 rings (SSSR count). The van der Waals surface area contributed by atoms with E-state index in [9.17, 15) is 4.79 Å². The third-order valence-corrected chi connectivity index (χ3v) is 4.64. The van der Waals surface area contributed by atoms with Crippen molar-refractivity contribution in [3.8, 4) is 0 Å². The number of benzene rings is 1. The monoisotopic (exact) mass is 361 g/mol. The van der Waals surface area contributed by atoms with Gasteiger partial charge >= 0.3 is 0 Å². The minimum Gasteiger partial charge on any atom is -0.371 e. The Kier molecular flexibility index (Phi) is 6.54. The molecule has 1 amide bonds. The molecule has 1 aliphatic heterocycles. The normalized spacial score (nSPS) is 20.1. The molecule has 1 fully saturated rings. The smallest absolute Gasteiger partial charge is 0.217 e. The fourth-order valence-corrected chi connectivity index (χ4v) is 3.56. The van der Waals surface area contributed by atoms with Gasteiger partial charge in [-0.15, -0.1) is 0 Å². The maximum Gasteiger partial charge on any atom is 0.217 e. The van der Waals surface area contributed by atoms with Gasteiger partial charge in [0.2, 0.25) is 5.91 Å². The molecular weight excluding hydrogens is 334 g/mol. The molecule has 0 aliphatic carbocycles. The topological polar surface area (TPSA) is 44.4 Å². The number of amides is 1. The first-order chi connectivity index (χ1) is 11.8. The van der Waals surface area contributed by atoms with E-state index < -0.39 is 0 Å². The van der Waals surface area contributed by atoms with Crippen molar-refractivity contribution >= 4 is 28.9 Å². The van der Waals surface area contributed by atoms with Crippen molar-refractivity contribution in [1.29, 1.82) is 0 Å². The molecule has 0 bridgehead atoms. The minimum absolute atomic E-state index is 0.0834. The molecule has 0 saturated carbocycles. The van der Waals surface area contributed by atoms with Crippen LogP contribution in [0.5, 0.6) is 0 Å². The standard InChI is InChI=1S/C20H28ClN3O/c1-13-8-14(2)12-24(11-13)16(4)19-9-18(21)6-7-20(19)23-15(3)10-22-17(5)25/h6-7,9,13-14,23H,3-4,8,10-12H2,1-2,5H3,(H,22,25)/t13-,14+. The van der Waals surface area contributed by atoms with Gasteiger partial charge in [-0.05, 0) is 36.5 Å². The van der Waals surface area contributed by atoms with Crippen molar-refractivity contribution < 1.29 is 4.79 Å². The van der Waals surface area contributed by atoms with E-state index >= 15 is 0 Å². The van der Waals surface area contributed by atoms with Crippen LogP contribution in [0.3, 0.4) is 0 Å². The van der Waals surface area contributed by atoms with E-state index in [4.69, 9.17) is 11.6 Å². The zero-order valence-corrected chi connectivity index (χ0v) is 16.1. The predicted octanol–water partition coefficient (Wildman–Crippen LogP) is 4.35. The fourth-order valence-electron chi connectivity index (χ4n) is 3.38. The lowest BCUT2D eigenvalue weighted by Gasteiger charge is -2.38. The maximum absolute atomic E-state index is 11.1. The predicted molar refractivity (Wildman–Crippen MR) is 106 cm³/mol. The van der Waals surface area contributed by atoms with Gasteiger partial charge in [-0.2, -0.15) is 0 Å². The molecule has 2 atom stereocenters. The highest BCUT2D eigenvalue weighted by atomic mass is 35.5. The molecule has 0 spiro atoms. The average molecular weight is 362 g/mol. The molecule has 1 saturated heterocycles. The summed E-state index contributed by atoms with van der Waals surface area (Å²) in [4.78, 5) is 13.4. The fraction of sp³-hybridized carbons (Fsp3) is 0.450. The van der Waals surface area contributed by atoms with E-state index in [0.717, 1.165) is 30.0 Å². The van der Waals surface area contributed by atoms with Gasteiger partial charge in [0.15, 0.2) is 0 Å².